The molecule has 1 aliphatic heterocycles. The molecule has 0 aliphatic carbocycles. The average Bonchev–Trinajstić information content (AvgIpc) is 3.27. The van der Waals surface area contributed by atoms with Gasteiger partial charge in [-0.25, -0.2) is 4.79 Å². The van der Waals surface area contributed by atoms with Crippen LogP contribution in [0, 0.1) is 0 Å². The first kappa shape index (κ1) is 19.6. The van der Waals surface area contributed by atoms with Crippen molar-refractivity contribution in [3.8, 4) is 5.69 Å². The zero-order valence-electron chi connectivity index (χ0n) is 15.7. The zero-order chi connectivity index (χ0) is 19.9. The van der Waals surface area contributed by atoms with Crippen molar-refractivity contribution in [2.24, 2.45) is 0 Å². The van der Waals surface area contributed by atoms with Gasteiger partial charge in [0.05, 0.1) is 25.3 Å². The van der Waals surface area contributed by atoms with E-state index >= 15 is 0 Å². The van der Waals surface area contributed by atoms with Gasteiger partial charge in [0.1, 0.15) is 0 Å². The Kier molecular flexibility index (Phi) is 6.44. The highest BCUT2D eigenvalue weighted by molar-refractivity contribution is 5.92. The summed E-state index contributed by atoms with van der Waals surface area (Å²) in [5, 5.41) is 0. The van der Waals surface area contributed by atoms with Crippen LogP contribution in [0.25, 0.3) is 5.69 Å². The number of esters is 1. The molecule has 148 valence electrons. The maximum Gasteiger partial charge on any atom is 0.338 e. The molecule has 28 heavy (non-hydrogen) atoms. The lowest BCUT2D eigenvalue weighted by molar-refractivity contribution is -0.143. The molecule has 0 spiro atoms. The number of amides is 2. The zero-order valence-corrected chi connectivity index (χ0v) is 15.7. The molecule has 0 atom stereocenters. The van der Waals surface area contributed by atoms with E-state index < -0.39 is 18.5 Å². The predicted octanol–water partition coefficient (Wildman–Crippen LogP) is 0.951. The van der Waals surface area contributed by atoms with Crippen LogP contribution in [0.2, 0.25) is 0 Å². The fourth-order valence-electron chi connectivity index (χ4n) is 2.80. The number of hydrogen-bond acceptors (Lipinski definition) is 5. The first-order valence-corrected chi connectivity index (χ1v) is 9.04. The van der Waals surface area contributed by atoms with Gasteiger partial charge < -0.3 is 23.8 Å². The van der Waals surface area contributed by atoms with E-state index in [1.807, 2.05) is 29.1 Å². The number of ether oxygens (including phenoxy) is 2. The van der Waals surface area contributed by atoms with Gasteiger partial charge in [-0.05, 0) is 36.4 Å². The highest BCUT2D eigenvalue weighted by Crippen LogP contribution is 2.11. The van der Waals surface area contributed by atoms with Gasteiger partial charge in [0, 0.05) is 38.2 Å². The number of carbonyl (C=O) groups is 3. The van der Waals surface area contributed by atoms with Gasteiger partial charge in [-0.15, -0.1) is 0 Å². The van der Waals surface area contributed by atoms with E-state index in [0.29, 0.717) is 31.9 Å². The van der Waals surface area contributed by atoms with Crippen LogP contribution in [-0.4, -0.2) is 78.7 Å². The van der Waals surface area contributed by atoms with Gasteiger partial charge in [-0.3, -0.25) is 9.59 Å². The largest absolute Gasteiger partial charge is 0.452 e. The summed E-state index contributed by atoms with van der Waals surface area (Å²) < 4.78 is 12.2. The Bertz CT molecular complexity index is 811. The molecule has 2 aromatic rings. The van der Waals surface area contributed by atoms with Crippen LogP contribution in [-0.2, 0) is 19.1 Å². The number of nitrogens with zero attached hydrogens (tertiary/aromatic N) is 3. The monoisotopic (exact) mass is 385 g/mol. The molecule has 0 N–H and O–H groups in total. The fraction of sp³-hybridized carbons (Fsp3) is 0.350. The van der Waals surface area contributed by atoms with Gasteiger partial charge >= 0.3 is 5.97 Å². The third-order valence-electron chi connectivity index (χ3n) is 4.49. The van der Waals surface area contributed by atoms with Crippen LogP contribution in [0.5, 0.6) is 0 Å². The lowest BCUT2D eigenvalue weighted by atomic mass is 10.2. The van der Waals surface area contributed by atoms with Gasteiger partial charge in [-0.1, -0.05) is 0 Å². The van der Waals surface area contributed by atoms with Gasteiger partial charge in [0.15, 0.2) is 6.61 Å². The number of carbonyl (C=O) groups excluding carboxylic acids is 3. The Morgan fingerprint density at radius 3 is 2.36 bits per heavy atom. The molecule has 1 aromatic carbocycles. The standard InChI is InChI=1S/C20H23N3O5/c1-21(14-18(24)23-10-12-27-13-11-23)19(25)15-28-20(26)16-4-6-17(7-5-16)22-8-2-3-9-22/h2-9H,10-15H2,1H3. The highest BCUT2D eigenvalue weighted by atomic mass is 16.5. The second-order valence-electron chi connectivity index (χ2n) is 6.46. The Hall–Kier alpha value is -3.13. The van der Waals surface area contributed by atoms with Crippen molar-refractivity contribution in [1.82, 2.24) is 14.4 Å². The molecule has 8 nitrogen and oxygen atoms in total. The molecule has 2 heterocycles. The van der Waals surface area contributed by atoms with Crippen LogP contribution in [0.4, 0.5) is 0 Å². The minimum Gasteiger partial charge on any atom is -0.452 e. The molecule has 8 heteroatoms. The molecule has 3 rings (SSSR count). The number of morpholine rings is 1. The summed E-state index contributed by atoms with van der Waals surface area (Å²) in [4.78, 5) is 39.4. The van der Waals surface area contributed by atoms with Crippen molar-refractivity contribution in [3.05, 3.63) is 54.4 Å². The summed E-state index contributed by atoms with van der Waals surface area (Å²) in [6, 6.07) is 10.7. The predicted molar refractivity (Wildman–Crippen MR) is 101 cm³/mol. The molecule has 1 aromatic heterocycles. The van der Waals surface area contributed by atoms with Crippen molar-refractivity contribution in [1.29, 1.82) is 0 Å². The van der Waals surface area contributed by atoms with Crippen LogP contribution in [0.3, 0.4) is 0 Å². The van der Waals surface area contributed by atoms with E-state index in [4.69, 9.17) is 9.47 Å². The fourth-order valence-corrected chi connectivity index (χ4v) is 2.80. The number of rotatable bonds is 6. The van der Waals surface area contributed by atoms with Crippen molar-refractivity contribution in [2.45, 2.75) is 0 Å². The third-order valence-corrected chi connectivity index (χ3v) is 4.49. The van der Waals surface area contributed by atoms with E-state index in [0.717, 1.165) is 5.69 Å². The summed E-state index contributed by atoms with van der Waals surface area (Å²) in [6.07, 6.45) is 3.81. The Morgan fingerprint density at radius 2 is 1.71 bits per heavy atom. The van der Waals surface area contributed by atoms with Crippen molar-refractivity contribution < 1.29 is 23.9 Å². The maximum absolute atomic E-state index is 12.2. The van der Waals surface area contributed by atoms with Gasteiger partial charge in [0.25, 0.3) is 5.91 Å². The van der Waals surface area contributed by atoms with E-state index in [1.54, 1.807) is 29.2 Å². The van der Waals surface area contributed by atoms with Crippen molar-refractivity contribution in [3.63, 3.8) is 0 Å². The molecule has 0 unspecified atom stereocenters. The smallest absolute Gasteiger partial charge is 0.338 e. The first-order chi connectivity index (χ1) is 13.5. The van der Waals surface area contributed by atoms with Crippen LogP contribution in [0.1, 0.15) is 10.4 Å². The molecule has 2 amide bonds. The third kappa shape index (κ3) is 4.98. The molecule has 1 aliphatic rings. The van der Waals surface area contributed by atoms with E-state index in [-0.39, 0.29) is 12.5 Å². The SMILES string of the molecule is CN(CC(=O)N1CCOCC1)C(=O)COC(=O)c1ccc(-n2cccc2)cc1. The second-order valence-corrected chi connectivity index (χ2v) is 6.46. The number of benzene rings is 1. The van der Waals surface area contributed by atoms with Crippen LogP contribution >= 0.6 is 0 Å². The topological polar surface area (TPSA) is 81.1 Å². The van der Waals surface area contributed by atoms with Gasteiger partial charge in [0.2, 0.25) is 5.91 Å². The van der Waals surface area contributed by atoms with E-state index in [2.05, 4.69) is 0 Å². The molecular weight excluding hydrogens is 362 g/mol. The number of aromatic nitrogens is 1. The van der Waals surface area contributed by atoms with Gasteiger partial charge in [-0.2, -0.15) is 0 Å². The average molecular weight is 385 g/mol. The lowest BCUT2D eigenvalue weighted by Gasteiger charge is -2.28. The molecule has 0 radical (unpaired) electrons. The molecule has 0 saturated carbocycles. The normalized spacial score (nSPS) is 13.8. The first-order valence-electron chi connectivity index (χ1n) is 9.04. The van der Waals surface area contributed by atoms with E-state index in [9.17, 15) is 14.4 Å². The molecule has 1 fully saturated rings. The summed E-state index contributed by atoms with van der Waals surface area (Å²) in [5.74, 6) is -1.16. The Labute approximate surface area is 163 Å². The minimum atomic E-state index is -0.583. The van der Waals surface area contributed by atoms with Crippen molar-refractivity contribution in [2.75, 3.05) is 46.5 Å². The summed E-state index contributed by atoms with van der Waals surface area (Å²) >= 11 is 0. The van der Waals surface area contributed by atoms with Crippen LogP contribution < -0.4 is 0 Å². The summed E-state index contributed by atoms with van der Waals surface area (Å²) in [6.45, 7) is 1.59. The second kappa shape index (κ2) is 9.18. The highest BCUT2D eigenvalue weighted by Gasteiger charge is 2.21. The molecular formula is C20H23N3O5. The van der Waals surface area contributed by atoms with Crippen LogP contribution in [0.15, 0.2) is 48.8 Å². The molecule has 1 saturated heterocycles. The lowest BCUT2D eigenvalue weighted by Crippen LogP contribution is -2.46. The Balaban J connectivity index is 1.46. The summed E-state index contributed by atoms with van der Waals surface area (Å²) in [7, 11) is 1.51. The minimum absolute atomic E-state index is 0.0536. The number of likely N-dealkylation sites (N-methyl/N-ethyl adjacent to an activating group) is 1. The van der Waals surface area contributed by atoms with Crippen molar-refractivity contribution >= 4 is 17.8 Å². The van der Waals surface area contributed by atoms with E-state index in [1.165, 1.54) is 11.9 Å². The summed E-state index contributed by atoms with van der Waals surface area (Å²) in [5.41, 5.74) is 1.27. The quantitative estimate of drug-likeness (QED) is 0.692. The number of hydrogen-bond donors (Lipinski definition) is 0. The molecule has 0 bridgehead atoms. The Morgan fingerprint density at radius 1 is 1.07 bits per heavy atom. The maximum atomic E-state index is 12.2.